The molecule has 0 unspecified atom stereocenters. The maximum atomic E-state index is 10.4. The molecule has 0 bridgehead atoms. The Balaban J connectivity index is 3.44. The monoisotopic (exact) mass is 325 g/mol. The van der Waals surface area contributed by atoms with E-state index in [0.717, 1.165) is 18.7 Å². The van der Waals surface area contributed by atoms with Crippen molar-refractivity contribution in [3.63, 3.8) is 0 Å². The maximum absolute atomic E-state index is 10.4. The fourth-order valence-electron chi connectivity index (χ4n) is 3.10. The van der Waals surface area contributed by atoms with Crippen LogP contribution in [0.5, 0.6) is 0 Å². The molecule has 6 heteroatoms. The zero-order valence-electron chi connectivity index (χ0n) is 14.6. The van der Waals surface area contributed by atoms with Crippen LogP contribution in [0.25, 0.3) is 0 Å². The van der Waals surface area contributed by atoms with Crippen molar-refractivity contribution >= 4 is 0 Å². The Hall–Kier alpha value is -2.65. The summed E-state index contributed by atoms with van der Waals surface area (Å²) in [6.07, 6.45) is 2.76. The standard InChI is InChI=1S/C18H23N5O/c1-4-7-23(8-5-6-22-24)17-10-18(2,3)9-15(16(17)13-21)14(11-19)12-20/h4-10H2,1-3H3. The Labute approximate surface area is 143 Å². The van der Waals surface area contributed by atoms with Gasteiger partial charge in [0, 0.05) is 24.4 Å². The molecule has 6 nitrogen and oxygen atoms in total. The van der Waals surface area contributed by atoms with Crippen LogP contribution in [-0.4, -0.2) is 24.5 Å². The van der Waals surface area contributed by atoms with Gasteiger partial charge in [-0.25, -0.2) is 0 Å². The topological polar surface area (TPSA) is 104 Å². The van der Waals surface area contributed by atoms with Crippen LogP contribution < -0.4 is 0 Å². The summed E-state index contributed by atoms with van der Waals surface area (Å²) in [6, 6.07) is 6.06. The lowest BCUT2D eigenvalue weighted by Gasteiger charge is -2.38. The average molecular weight is 325 g/mol. The summed E-state index contributed by atoms with van der Waals surface area (Å²) < 4.78 is 0. The molecule has 0 fully saturated rings. The van der Waals surface area contributed by atoms with Crippen LogP contribution in [0.3, 0.4) is 0 Å². The Kier molecular flexibility index (Phi) is 7.15. The fourth-order valence-corrected chi connectivity index (χ4v) is 3.10. The third-order valence-electron chi connectivity index (χ3n) is 4.08. The van der Waals surface area contributed by atoms with Crippen LogP contribution in [0.2, 0.25) is 0 Å². The molecule has 126 valence electrons. The van der Waals surface area contributed by atoms with Crippen LogP contribution in [-0.2, 0) is 0 Å². The van der Waals surface area contributed by atoms with E-state index >= 15 is 0 Å². The first kappa shape index (κ1) is 19.4. The van der Waals surface area contributed by atoms with Gasteiger partial charge in [-0.2, -0.15) is 20.7 Å². The van der Waals surface area contributed by atoms with Gasteiger partial charge in [0.05, 0.1) is 12.1 Å². The minimum absolute atomic E-state index is 0.0165. The SMILES string of the molecule is CCCN(CCCN=O)C1=C(C#N)C(=C(C#N)C#N)CC(C)(C)C1. The maximum Gasteiger partial charge on any atom is 0.134 e. The highest BCUT2D eigenvalue weighted by atomic mass is 16.3. The number of hydrogen-bond donors (Lipinski definition) is 0. The molecule has 0 aromatic rings. The smallest absolute Gasteiger partial charge is 0.134 e. The lowest BCUT2D eigenvalue weighted by molar-refractivity contribution is 0.259. The van der Waals surface area contributed by atoms with E-state index in [1.807, 2.05) is 12.1 Å². The first-order valence-corrected chi connectivity index (χ1v) is 8.15. The number of nitriles is 3. The van der Waals surface area contributed by atoms with Crippen molar-refractivity contribution in [3.05, 3.63) is 27.3 Å². The van der Waals surface area contributed by atoms with E-state index in [1.54, 1.807) is 0 Å². The molecule has 0 spiro atoms. The van der Waals surface area contributed by atoms with Gasteiger partial charge < -0.3 is 4.90 Å². The number of nitroso groups, excluding NO2 is 1. The number of rotatable bonds is 7. The van der Waals surface area contributed by atoms with Gasteiger partial charge in [0.2, 0.25) is 0 Å². The quantitative estimate of drug-likeness (QED) is 0.402. The third kappa shape index (κ3) is 4.67. The molecule has 0 aliphatic heterocycles. The largest absolute Gasteiger partial charge is 0.374 e. The molecule has 1 rings (SSSR count). The van der Waals surface area contributed by atoms with E-state index in [9.17, 15) is 20.7 Å². The molecule has 1 aliphatic rings. The van der Waals surface area contributed by atoms with Crippen LogP contribution in [0.15, 0.2) is 27.6 Å². The van der Waals surface area contributed by atoms with Gasteiger partial charge in [-0.1, -0.05) is 25.9 Å². The van der Waals surface area contributed by atoms with E-state index in [-0.39, 0.29) is 17.5 Å². The molecule has 0 atom stereocenters. The van der Waals surface area contributed by atoms with Gasteiger partial charge in [0.15, 0.2) is 0 Å². The fraction of sp³-hybridized carbons (Fsp3) is 0.611. The molecule has 0 heterocycles. The Morgan fingerprint density at radius 3 is 2.38 bits per heavy atom. The number of hydrogen-bond acceptors (Lipinski definition) is 6. The summed E-state index contributed by atoms with van der Waals surface area (Å²) in [7, 11) is 0. The predicted molar refractivity (Wildman–Crippen MR) is 91.0 cm³/mol. The van der Waals surface area contributed by atoms with E-state index < -0.39 is 0 Å². The molecular weight excluding hydrogens is 302 g/mol. The second-order valence-electron chi connectivity index (χ2n) is 6.72. The Bertz CT molecular complexity index is 651. The number of allylic oxidation sites excluding steroid dienone is 4. The molecule has 0 N–H and O–H groups in total. The molecule has 0 saturated carbocycles. The second kappa shape index (κ2) is 8.85. The molecule has 0 saturated heterocycles. The van der Waals surface area contributed by atoms with Gasteiger partial charge in [0.1, 0.15) is 23.8 Å². The first-order valence-electron chi connectivity index (χ1n) is 8.15. The first-order chi connectivity index (χ1) is 11.4. The molecule has 1 aliphatic carbocycles. The molecule has 0 radical (unpaired) electrons. The molecule has 0 aromatic carbocycles. The van der Waals surface area contributed by atoms with Crippen molar-refractivity contribution in [2.75, 3.05) is 19.6 Å². The summed E-state index contributed by atoms with van der Waals surface area (Å²) in [5, 5.41) is 31.1. The average Bonchev–Trinajstić information content (AvgIpc) is 2.54. The third-order valence-corrected chi connectivity index (χ3v) is 4.08. The van der Waals surface area contributed by atoms with Gasteiger partial charge >= 0.3 is 0 Å². The van der Waals surface area contributed by atoms with E-state index in [1.165, 1.54) is 0 Å². The molecular formula is C18H23N5O. The highest BCUT2D eigenvalue weighted by Crippen LogP contribution is 2.43. The van der Waals surface area contributed by atoms with Crippen LogP contribution >= 0.6 is 0 Å². The van der Waals surface area contributed by atoms with E-state index in [0.29, 0.717) is 37.0 Å². The van der Waals surface area contributed by atoms with Crippen molar-refractivity contribution < 1.29 is 0 Å². The van der Waals surface area contributed by atoms with Crippen molar-refractivity contribution in [2.45, 2.75) is 46.5 Å². The highest BCUT2D eigenvalue weighted by Gasteiger charge is 2.34. The van der Waals surface area contributed by atoms with Crippen molar-refractivity contribution in [2.24, 2.45) is 10.6 Å². The Morgan fingerprint density at radius 1 is 1.21 bits per heavy atom. The van der Waals surface area contributed by atoms with E-state index in [4.69, 9.17) is 0 Å². The lowest BCUT2D eigenvalue weighted by Crippen LogP contribution is -2.33. The summed E-state index contributed by atoms with van der Waals surface area (Å²) in [5.41, 5.74) is 1.74. The lowest BCUT2D eigenvalue weighted by atomic mass is 9.72. The second-order valence-corrected chi connectivity index (χ2v) is 6.72. The highest BCUT2D eigenvalue weighted by molar-refractivity contribution is 5.57. The van der Waals surface area contributed by atoms with Crippen LogP contribution in [0.1, 0.15) is 46.5 Å². The summed E-state index contributed by atoms with van der Waals surface area (Å²) in [6.45, 7) is 7.84. The molecule has 24 heavy (non-hydrogen) atoms. The van der Waals surface area contributed by atoms with Crippen molar-refractivity contribution in [1.29, 1.82) is 15.8 Å². The molecule has 0 amide bonds. The zero-order valence-corrected chi connectivity index (χ0v) is 14.6. The van der Waals surface area contributed by atoms with Crippen LogP contribution in [0.4, 0.5) is 0 Å². The van der Waals surface area contributed by atoms with Gasteiger partial charge in [-0.3, -0.25) is 0 Å². The molecule has 0 aromatic heterocycles. The normalized spacial score (nSPS) is 15.9. The summed E-state index contributed by atoms with van der Waals surface area (Å²) in [4.78, 5) is 12.5. The minimum Gasteiger partial charge on any atom is -0.374 e. The summed E-state index contributed by atoms with van der Waals surface area (Å²) in [5.74, 6) is 0. The predicted octanol–water partition coefficient (Wildman–Crippen LogP) is 3.80. The van der Waals surface area contributed by atoms with Crippen molar-refractivity contribution in [3.8, 4) is 18.2 Å². The van der Waals surface area contributed by atoms with Gasteiger partial charge in [-0.15, -0.1) is 0 Å². The number of nitrogens with zero attached hydrogens (tertiary/aromatic N) is 5. The van der Waals surface area contributed by atoms with Crippen LogP contribution in [0, 0.1) is 44.3 Å². The summed E-state index contributed by atoms with van der Waals surface area (Å²) >= 11 is 0. The zero-order chi connectivity index (χ0) is 18.2. The Morgan fingerprint density at radius 2 is 1.88 bits per heavy atom. The van der Waals surface area contributed by atoms with E-state index in [2.05, 4.69) is 36.9 Å². The minimum atomic E-state index is -0.140. The van der Waals surface area contributed by atoms with Gasteiger partial charge in [0.25, 0.3) is 0 Å². The van der Waals surface area contributed by atoms with Crippen molar-refractivity contribution in [1.82, 2.24) is 4.90 Å². The van der Waals surface area contributed by atoms with Gasteiger partial charge in [-0.05, 0) is 31.1 Å².